The SMILES string of the molecule is COCC(=O)Nc1ccc(N2C(=S)NC(c3ccccn3)C2c2ccc(-c3cccc([N+](=O)[O-])c3)o2)cc1. The Balaban J connectivity index is 1.51. The number of nitro groups is 1. The molecule has 1 aliphatic rings. The van der Waals surface area contributed by atoms with E-state index in [2.05, 4.69) is 15.6 Å². The molecule has 10 nitrogen and oxygen atoms in total. The second-order valence-corrected chi connectivity index (χ2v) is 8.92. The highest BCUT2D eigenvalue weighted by atomic mass is 32.1. The molecule has 0 radical (unpaired) electrons. The number of benzene rings is 2. The smallest absolute Gasteiger partial charge is 0.270 e. The van der Waals surface area contributed by atoms with Gasteiger partial charge in [-0.3, -0.25) is 19.9 Å². The van der Waals surface area contributed by atoms with Crippen LogP contribution in [-0.2, 0) is 9.53 Å². The fourth-order valence-corrected chi connectivity index (χ4v) is 4.74. The summed E-state index contributed by atoms with van der Waals surface area (Å²) in [6, 6.07) is 22.1. The summed E-state index contributed by atoms with van der Waals surface area (Å²) in [6.45, 7) is -0.0406. The Morgan fingerprint density at radius 2 is 1.97 bits per heavy atom. The third-order valence-electron chi connectivity index (χ3n) is 6.06. The number of pyridine rings is 1. The van der Waals surface area contributed by atoms with Crippen molar-refractivity contribution in [1.82, 2.24) is 10.3 Å². The number of carbonyl (C=O) groups excluding carboxylic acids is 1. The van der Waals surface area contributed by atoms with E-state index in [9.17, 15) is 14.9 Å². The number of methoxy groups -OCH3 is 1. The summed E-state index contributed by atoms with van der Waals surface area (Å²) < 4.78 is 11.1. The molecule has 0 bridgehead atoms. The Labute approximate surface area is 223 Å². The minimum atomic E-state index is -0.438. The number of nitrogens with one attached hydrogen (secondary N) is 2. The molecule has 1 saturated heterocycles. The number of aromatic nitrogens is 1. The molecule has 2 unspecified atom stereocenters. The van der Waals surface area contributed by atoms with E-state index in [-0.39, 0.29) is 24.2 Å². The fourth-order valence-electron chi connectivity index (χ4n) is 4.40. The summed E-state index contributed by atoms with van der Waals surface area (Å²) in [4.78, 5) is 29.2. The molecular weight excluding hydrogens is 506 g/mol. The predicted molar refractivity (Wildman–Crippen MR) is 146 cm³/mol. The highest BCUT2D eigenvalue weighted by Gasteiger charge is 2.42. The lowest BCUT2D eigenvalue weighted by atomic mass is 10.0. The quantitative estimate of drug-likeness (QED) is 0.184. The van der Waals surface area contributed by atoms with Crippen LogP contribution in [0.4, 0.5) is 17.1 Å². The average molecular weight is 530 g/mol. The first-order chi connectivity index (χ1) is 18.4. The van der Waals surface area contributed by atoms with E-state index in [1.807, 2.05) is 41.3 Å². The van der Waals surface area contributed by atoms with Crippen LogP contribution in [0.1, 0.15) is 23.5 Å². The fraction of sp³-hybridized carbons (Fsp3) is 0.148. The van der Waals surface area contributed by atoms with E-state index in [1.165, 1.54) is 19.2 Å². The third kappa shape index (κ3) is 5.10. The van der Waals surface area contributed by atoms with Crippen molar-refractivity contribution < 1.29 is 18.9 Å². The maximum absolute atomic E-state index is 11.9. The lowest BCUT2D eigenvalue weighted by molar-refractivity contribution is -0.384. The van der Waals surface area contributed by atoms with E-state index in [4.69, 9.17) is 21.4 Å². The number of furan rings is 1. The first-order valence-electron chi connectivity index (χ1n) is 11.7. The molecule has 38 heavy (non-hydrogen) atoms. The molecule has 5 rings (SSSR count). The van der Waals surface area contributed by atoms with Crippen molar-refractivity contribution in [3.63, 3.8) is 0 Å². The van der Waals surface area contributed by atoms with Crippen LogP contribution in [0.25, 0.3) is 11.3 Å². The van der Waals surface area contributed by atoms with Crippen LogP contribution in [-0.4, -0.2) is 34.6 Å². The lowest BCUT2D eigenvalue weighted by Crippen LogP contribution is -2.29. The van der Waals surface area contributed by atoms with Crippen LogP contribution < -0.4 is 15.5 Å². The molecule has 2 aromatic heterocycles. The van der Waals surface area contributed by atoms with Crippen LogP contribution in [0.2, 0.25) is 0 Å². The van der Waals surface area contributed by atoms with Crippen molar-refractivity contribution in [1.29, 1.82) is 0 Å². The third-order valence-corrected chi connectivity index (χ3v) is 6.38. The number of anilines is 2. The second-order valence-electron chi connectivity index (χ2n) is 8.53. The Morgan fingerprint density at radius 1 is 1.16 bits per heavy atom. The maximum Gasteiger partial charge on any atom is 0.270 e. The van der Waals surface area contributed by atoms with Gasteiger partial charge in [0.2, 0.25) is 5.91 Å². The minimum absolute atomic E-state index is 0.0187. The summed E-state index contributed by atoms with van der Waals surface area (Å²) in [6.07, 6.45) is 1.72. The van der Waals surface area contributed by atoms with Gasteiger partial charge in [-0.1, -0.05) is 18.2 Å². The molecule has 1 aliphatic heterocycles. The summed E-state index contributed by atoms with van der Waals surface area (Å²) >= 11 is 5.74. The number of nitrogens with zero attached hydrogens (tertiary/aromatic N) is 3. The van der Waals surface area contributed by atoms with Gasteiger partial charge in [0.05, 0.1) is 16.7 Å². The van der Waals surface area contributed by atoms with Gasteiger partial charge in [0.15, 0.2) is 5.11 Å². The summed E-state index contributed by atoms with van der Waals surface area (Å²) in [5.41, 5.74) is 2.76. The van der Waals surface area contributed by atoms with Crippen LogP contribution in [0.3, 0.4) is 0 Å². The summed E-state index contributed by atoms with van der Waals surface area (Å²) in [5.74, 6) is 0.848. The maximum atomic E-state index is 11.9. The Morgan fingerprint density at radius 3 is 2.68 bits per heavy atom. The topological polar surface area (TPSA) is 123 Å². The van der Waals surface area contributed by atoms with E-state index >= 15 is 0 Å². The Hall–Kier alpha value is -4.61. The molecule has 0 spiro atoms. The van der Waals surface area contributed by atoms with Crippen LogP contribution in [0, 0.1) is 10.1 Å². The standard InChI is InChI=1S/C27H23N5O5S/c1-36-16-24(33)29-18-8-10-19(11-9-18)31-26(25(30-27(31)38)21-7-2-3-14-28-21)23-13-12-22(37-23)17-5-4-6-20(15-17)32(34)35/h2-15,25-26H,16H2,1H3,(H,29,33)(H,30,38). The molecule has 3 heterocycles. The minimum Gasteiger partial charge on any atom is -0.459 e. The van der Waals surface area contributed by atoms with Gasteiger partial charge >= 0.3 is 0 Å². The number of hydrogen-bond acceptors (Lipinski definition) is 7. The lowest BCUT2D eigenvalue weighted by Gasteiger charge is -2.26. The molecule has 2 atom stereocenters. The number of non-ortho nitro benzene ring substituents is 1. The molecular formula is C27H23N5O5S. The zero-order valence-electron chi connectivity index (χ0n) is 20.2. The molecule has 2 aromatic carbocycles. The van der Waals surface area contributed by atoms with Crippen LogP contribution >= 0.6 is 12.2 Å². The van der Waals surface area contributed by atoms with E-state index < -0.39 is 11.0 Å². The van der Waals surface area contributed by atoms with Crippen molar-refractivity contribution in [3.05, 3.63) is 107 Å². The number of amides is 1. The van der Waals surface area contributed by atoms with Gasteiger partial charge in [-0.25, -0.2) is 0 Å². The number of thiocarbonyl (C=S) groups is 1. The first-order valence-corrected chi connectivity index (χ1v) is 12.1. The summed E-state index contributed by atoms with van der Waals surface area (Å²) in [5, 5.41) is 17.9. The molecule has 0 saturated carbocycles. The van der Waals surface area contributed by atoms with Gasteiger partial charge in [0.25, 0.3) is 5.69 Å². The Bertz CT molecular complexity index is 1470. The van der Waals surface area contributed by atoms with Gasteiger partial charge in [-0.2, -0.15) is 0 Å². The number of nitro benzene ring substituents is 1. The Kier molecular flexibility index (Phi) is 7.11. The first kappa shape index (κ1) is 25.1. The zero-order chi connectivity index (χ0) is 26.6. The normalized spacial score (nSPS) is 16.8. The molecule has 1 amide bonds. The number of ether oxygens (including phenoxy) is 1. The van der Waals surface area contributed by atoms with Crippen LogP contribution in [0.5, 0.6) is 0 Å². The molecule has 11 heteroatoms. The van der Waals surface area contributed by atoms with Crippen molar-refractivity contribution in [3.8, 4) is 11.3 Å². The van der Waals surface area contributed by atoms with Crippen molar-refractivity contribution in [2.75, 3.05) is 23.9 Å². The summed E-state index contributed by atoms with van der Waals surface area (Å²) in [7, 11) is 1.46. The number of hydrogen-bond donors (Lipinski definition) is 2. The average Bonchev–Trinajstić information content (AvgIpc) is 3.54. The van der Waals surface area contributed by atoms with Crippen molar-refractivity contribution >= 4 is 40.3 Å². The molecule has 0 aliphatic carbocycles. The van der Waals surface area contributed by atoms with E-state index in [0.29, 0.717) is 27.9 Å². The molecule has 192 valence electrons. The highest BCUT2D eigenvalue weighted by molar-refractivity contribution is 7.80. The van der Waals surface area contributed by atoms with E-state index in [0.717, 1.165) is 11.4 Å². The molecule has 1 fully saturated rings. The molecule has 2 N–H and O–H groups in total. The van der Waals surface area contributed by atoms with Gasteiger partial charge in [0, 0.05) is 42.4 Å². The number of rotatable bonds is 8. The van der Waals surface area contributed by atoms with E-state index in [1.54, 1.807) is 36.5 Å². The zero-order valence-corrected chi connectivity index (χ0v) is 21.1. The van der Waals surface area contributed by atoms with Gasteiger partial charge in [0.1, 0.15) is 24.2 Å². The van der Waals surface area contributed by atoms with Gasteiger partial charge in [-0.05, 0) is 60.7 Å². The monoisotopic (exact) mass is 529 g/mol. The largest absolute Gasteiger partial charge is 0.459 e. The molecule has 4 aromatic rings. The van der Waals surface area contributed by atoms with Gasteiger partial charge in [-0.15, -0.1) is 0 Å². The second kappa shape index (κ2) is 10.8. The van der Waals surface area contributed by atoms with Crippen molar-refractivity contribution in [2.45, 2.75) is 12.1 Å². The van der Waals surface area contributed by atoms with Crippen molar-refractivity contribution in [2.24, 2.45) is 0 Å². The highest BCUT2D eigenvalue weighted by Crippen LogP contribution is 2.43. The predicted octanol–water partition coefficient (Wildman–Crippen LogP) is 5.01. The number of carbonyl (C=O) groups is 1. The van der Waals surface area contributed by atoms with Crippen LogP contribution in [0.15, 0.2) is 89.5 Å². The van der Waals surface area contributed by atoms with Gasteiger partial charge < -0.3 is 24.7 Å².